The predicted molar refractivity (Wildman–Crippen MR) is 76.8 cm³/mol. The van der Waals surface area contributed by atoms with Crippen molar-refractivity contribution >= 4 is 5.91 Å². The number of nitrogens with zero attached hydrogens (tertiary/aromatic N) is 1. The number of aliphatic hydroxyl groups is 1. The van der Waals surface area contributed by atoms with Gasteiger partial charge in [-0.2, -0.15) is 0 Å². The van der Waals surface area contributed by atoms with E-state index in [0.717, 1.165) is 18.5 Å². The summed E-state index contributed by atoms with van der Waals surface area (Å²) in [5, 5.41) is 11.9. The second-order valence-corrected chi connectivity index (χ2v) is 4.70. The average Bonchev–Trinajstić information content (AvgIpc) is 2.38. The standard InChI is InChI=1S/C15H24N2O2/c1-3-8-17(9-10-18)12-15(19)16-11-14-7-5-4-6-13(14)2/h4-7,18H,3,8-12H2,1-2H3,(H,16,19). The number of carbonyl (C=O) groups excluding carboxylic acids is 1. The van der Waals surface area contributed by atoms with Crippen LogP contribution in [-0.4, -0.2) is 42.2 Å². The summed E-state index contributed by atoms with van der Waals surface area (Å²) in [5.74, 6) is 0.00477. The van der Waals surface area contributed by atoms with Crippen molar-refractivity contribution in [2.45, 2.75) is 26.8 Å². The van der Waals surface area contributed by atoms with E-state index < -0.39 is 0 Å². The molecule has 0 unspecified atom stereocenters. The first-order chi connectivity index (χ1) is 9.17. The van der Waals surface area contributed by atoms with Gasteiger partial charge in [-0.15, -0.1) is 0 Å². The van der Waals surface area contributed by atoms with Crippen LogP contribution in [0, 0.1) is 6.92 Å². The average molecular weight is 264 g/mol. The Bertz CT molecular complexity index is 387. The van der Waals surface area contributed by atoms with E-state index in [1.807, 2.05) is 36.1 Å². The number of nitrogens with one attached hydrogen (secondary N) is 1. The van der Waals surface area contributed by atoms with Gasteiger partial charge in [0, 0.05) is 13.1 Å². The molecule has 1 aromatic rings. The second-order valence-electron chi connectivity index (χ2n) is 4.70. The van der Waals surface area contributed by atoms with Gasteiger partial charge in [-0.3, -0.25) is 9.69 Å². The Labute approximate surface area is 115 Å². The number of aryl methyl sites for hydroxylation is 1. The minimum Gasteiger partial charge on any atom is -0.395 e. The van der Waals surface area contributed by atoms with Gasteiger partial charge in [0.1, 0.15) is 0 Å². The van der Waals surface area contributed by atoms with Gasteiger partial charge in [-0.25, -0.2) is 0 Å². The molecule has 0 saturated carbocycles. The molecule has 0 aliphatic heterocycles. The molecule has 1 aromatic carbocycles. The number of hydrogen-bond acceptors (Lipinski definition) is 3. The number of amides is 1. The second kappa shape index (κ2) is 8.67. The van der Waals surface area contributed by atoms with Crippen LogP contribution in [0.5, 0.6) is 0 Å². The third-order valence-corrected chi connectivity index (χ3v) is 3.06. The normalized spacial score (nSPS) is 10.7. The molecule has 0 atom stereocenters. The summed E-state index contributed by atoms with van der Waals surface area (Å²) in [4.78, 5) is 13.8. The number of carbonyl (C=O) groups is 1. The van der Waals surface area contributed by atoms with Gasteiger partial charge in [-0.05, 0) is 31.0 Å². The van der Waals surface area contributed by atoms with Crippen LogP contribution in [0.2, 0.25) is 0 Å². The maximum absolute atomic E-state index is 11.9. The number of aliphatic hydroxyl groups excluding tert-OH is 1. The third kappa shape index (κ3) is 5.85. The number of benzene rings is 1. The molecule has 2 N–H and O–H groups in total. The highest BCUT2D eigenvalue weighted by molar-refractivity contribution is 5.78. The maximum Gasteiger partial charge on any atom is 0.234 e. The highest BCUT2D eigenvalue weighted by Gasteiger charge is 2.09. The Morgan fingerprint density at radius 3 is 2.68 bits per heavy atom. The summed E-state index contributed by atoms with van der Waals surface area (Å²) >= 11 is 0. The number of hydrogen-bond donors (Lipinski definition) is 2. The van der Waals surface area contributed by atoms with Crippen molar-refractivity contribution in [2.24, 2.45) is 0 Å². The van der Waals surface area contributed by atoms with Gasteiger partial charge in [-0.1, -0.05) is 31.2 Å². The molecule has 0 heterocycles. The molecule has 4 nitrogen and oxygen atoms in total. The van der Waals surface area contributed by atoms with Gasteiger partial charge in [0.25, 0.3) is 0 Å². The fourth-order valence-electron chi connectivity index (χ4n) is 1.99. The lowest BCUT2D eigenvalue weighted by molar-refractivity contribution is -0.122. The van der Waals surface area contributed by atoms with Crippen molar-refractivity contribution in [1.29, 1.82) is 0 Å². The lowest BCUT2D eigenvalue weighted by Gasteiger charge is -2.19. The Morgan fingerprint density at radius 2 is 2.05 bits per heavy atom. The third-order valence-electron chi connectivity index (χ3n) is 3.06. The lowest BCUT2D eigenvalue weighted by atomic mass is 10.1. The summed E-state index contributed by atoms with van der Waals surface area (Å²) in [5.41, 5.74) is 2.32. The minimum atomic E-state index is 0.00477. The van der Waals surface area contributed by atoms with Crippen molar-refractivity contribution in [3.8, 4) is 0 Å². The summed E-state index contributed by atoms with van der Waals surface area (Å²) in [6, 6.07) is 8.03. The molecule has 0 saturated heterocycles. The Kier molecular flexibility index (Phi) is 7.15. The molecule has 0 fully saturated rings. The van der Waals surface area contributed by atoms with Crippen LogP contribution in [-0.2, 0) is 11.3 Å². The monoisotopic (exact) mass is 264 g/mol. The van der Waals surface area contributed by atoms with Gasteiger partial charge in [0.05, 0.1) is 13.2 Å². The molecule has 19 heavy (non-hydrogen) atoms. The van der Waals surface area contributed by atoms with E-state index in [1.165, 1.54) is 5.56 Å². The SMILES string of the molecule is CCCN(CCO)CC(=O)NCc1ccccc1C. The molecule has 4 heteroatoms. The van der Waals surface area contributed by atoms with E-state index in [1.54, 1.807) is 0 Å². The van der Waals surface area contributed by atoms with Crippen molar-refractivity contribution in [3.63, 3.8) is 0 Å². The van der Waals surface area contributed by atoms with E-state index >= 15 is 0 Å². The van der Waals surface area contributed by atoms with Crippen molar-refractivity contribution in [3.05, 3.63) is 35.4 Å². The highest BCUT2D eigenvalue weighted by Crippen LogP contribution is 2.05. The summed E-state index contributed by atoms with van der Waals surface area (Å²) in [6.07, 6.45) is 0.977. The predicted octanol–water partition coefficient (Wildman–Crippen LogP) is 1.32. The van der Waals surface area contributed by atoms with Crippen LogP contribution >= 0.6 is 0 Å². The molecule has 0 spiro atoms. The first kappa shape index (κ1) is 15.7. The zero-order valence-corrected chi connectivity index (χ0v) is 11.9. The molecule has 0 aromatic heterocycles. The molecule has 106 valence electrons. The zero-order valence-electron chi connectivity index (χ0n) is 11.9. The zero-order chi connectivity index (χ0) is 14.1. The van der Waals surface area contributed by atoms with Crippen molar-refractivity contribution in [1.82, 2.24) is 10.2 Å². The van der Waals surface area contributed by atoms with Crippen LogP contribution in [0.3, 0.4) is 0 Å². The first-order valence-electron chi connectivity index (χ1n) is 6.81. The highest BCUT2D eigenvalue weighted by atomic mass is 16.3. The summed E-state index contributed by atoms with van der Waals surface area (Å²) in [6.45, 7) is 6.48. The van der Waals surface area contributed by atoms with Crippen LogP contribution in [0.4, 0.5) is 0 Å². The number of rotatable bonds is 8. The van der Waals surface area contributed by atoms with Crippen LogP contribution in [0.15, 0.2) is 24.3 Å². The van der Waals surface area contributed by atoms with Gasteiger partial charge < -0.3 is 10.4 Å². The van der Waals surface area contributed by atoms with E-state index in [9.17, 15) is 4.79 Å². The summed E-state index contributed by atoms with van der Waals surface area (Å²) in [7, 11) is 0. The first-order valence-corrected chi connectivity index (χ1v) is 6.81. The molecule has 0 radical (unpaired) electrons. The topological polar surface area (TPSA) is 52.6 Å². The molecule has 1 rings (SSSR count). The van der Waals surface area contributed by atoms with Crippen LogP contribution in [0.25, 0.3) is 0 Å². The van der Waals surface area contributed by atoms with Crippen LogP contribution in [0.1, 0.15) is 24.5 Å². The quantitative estimate of drug-likeness (QED) is 0.744. The fourth-order valence-corrected chi connectivity index (χ4v) is 1.99. The van der Waals surface area contributed by atoms with Gasteiger partial charge in [0.15, 0.2) is 0 Å². The van der Waals surface area contributed by atoms with Crippen LogP contribution < -0.4 is 5.32 Å². The maximum atomic E-state index is 11.9. The molecule has 0 bridgehead atoms. The Balaban J connectivity index is 2.40. The molecule has 0 aliphatic rings. The lowest BCUT2D eigenvalue weighted by Crippen LogP contribution is -2.38. The summed E-state index contributed by atoms with van der Waals surface area (Å²) < 4.78 is 0. The van der Waals surface area contributed by atoms with Crippen molar-refractivity contribution in [2.75, 3.05) is 26.2 Å². The molecule has 0 aliphatic carbocycles. The van der Waals surface area contributed by atoms with E-state index in [0.29, 0.717) is 19.6 Å². The Morgan fingerprint density at radius 1 is 1.32 bits per heavy atom. The van der Waals surface area contributed by atoms with E-state index in [-0.39, 0.29) is 12.5 Å². The minimum absolute atomic E-state index is 0.00477. The Hall–Kier alpha value is -1.39. The molecule has 1 amide bonds. The fraction of sp³-hybridized carbons (Fsp3) is 0.533. The largest absolute Gasteiger partial charge is 0.395 e. The smallest absolute Gasteiger partial charge is 0.234 e. The molecular formula is C15H24N2O2. The van der Waals surface area contributed by atoms with E-state index in [4.69, 9.17) is 5.11 Å². The van der Waals surface area contributed by atoms with Crippen molar-refractivity contribution < 1.29 is 9.90 Å². The van der Waals surface area contributed by atoms with E-state index in [2.05, 4.69) is 12.2 Å². The van der Waals surface area contributed by atoms with Gasteiger partial charge in [0.2, 0.25) is 5.91 Å². The molecular weight excluding hydrogens is 240 g/mol. The van der Waals surface area contributed by atoms with Gasteiger partial charge >= 0.3 is 0 Å².